The van der Waals surface area contributed by atoms with Crippen molar-refractivity contribution in [2.45, 2.75) is 6.92 Å². The minimum absolute atomic E-state index is 1.16. The highest BCUT2D eigenvalue weighted by Crippen LogP contribution is 2.33. The monoisotopic (exact) mass is 239 g/mol. The van der Waals surface area contributed by atoms with Crippen LogP contribution in [0.2, 0.25) is 0 Å². The van der Waals surface area contributed by atoms with E-state index < -0.39 is 0 Å². The number of aromatic nitrogens is 1. The van der Waals surface area contributed by atoms with Gasteiger partial charge in [0, 0.05) is 5.39 Å². The zero-order chi connectivity index (χ0) is 11.8. The summed E-state index contributed by atoms with van der Waals surface area (Å²) in [5.41, 5.74) is 4.82. The maximum absolute atomic E-state index is 4.61. The summed E-state index contributed by atoms with van der Waals surface area (Å²) < 4.78 is 1.97. The summed E-state index contributed by atoms with van der Waals surface area (Å²) in [4.78, 5) is 0. The molecule has 0 radical (unpaired) electrons. The van der Waals surface area contributed by atoms with Gasteiger partial charge in [0.2, 0.25) is 0 Å². The van der Waals surface area contributed by atoms with Gasteiger partial charge in [-0.25, -0.2) is 0 Å². The summed E-state index contributed by atoms with van der Waals surface area (Å²) in [6, 6.07) is 18.7. The predicted molar refractivity (Wildman–Crippen MR) is 76.5 cm³/mol. The van der Waals surface area contributed by atoms with Gasteiger partial charge in [-0.1, -0.05) is 61.3 Å². The van der Waals surface area contributed by atoms with Crippen LogP contribution in [0.1, 0.15) is 5.56 Å². The Balaban J connectivity index is 2.38. The van der Waals surface area contributed by atoms with Crippen LogP contribution < -0.4 is 0 Å². The fourth-order valence-corrected chi connectivity index (χ4v) is 2.76. The summed E-state index contributed by atoms with van der Waals surface area (Å²) in [5.74, 6) is 0. The summed E-state index contributed by atoms with van der Waals surface area (Å²) >= 11 is 4.61. The van der Waals surface area contributed by atoms with E-state index in [1.807, 2.05) is 16.1 Å². The Morgan fingerprint density at radius 1 is 0.882 bits per heavy atom. The Kier molecular flexibility index (Phi) is 2.45. The number of benzene rings is 2. The molecular weight excluding hydrogens is 226 g/mol. The van der Waals surface area contributed by atoms with Gasteiger partial charge in [-0.15, -0.1) is 0 Å². The lowest BCUT2D eigenvalue weighted by molar-refractivity contribution is 1.33. The van der Waals surface area contributed by atoms with Gasteiger partial charge in [0.1, 0.15) is 0 Å². The number of hydrogen-bond acceptors (Lipinski definition) is 1. The highest BCUT2D eigenvalue weighted by molar-refractivity contribution is 7.78. The molecule has 0 amide bonds. The van der Waals surface area contributed by atoms with Crippen molar-refractivity contribution in [3.63, 3.8) is 0 Å². The molecule has 0 spiro atoms. The molecule has 0 bridgehead atoms. The first-order valence-electron chi connectivity index (χ1n) is 5.64. The largest absolute Gasteiger partial charge is 0.286 e. The van der Waals surface area contributed by atoms with Gasteiger partial charge in [-0.05, 0) is 24.1 Å². The second-order valence-corrected chi connectivity index (χ2v) is 4.57. The van der Waals surface area contributed by atoms with Gasteiger partial charge in [-0.2, -0.15) is 0 Å². The number of para-hydroxylation sites is 1. The molecule has 0 aliphatic heterocycles. The number of fused-ring (bicyclic) bond motifs is 1. The molecule has 0 fully saturated rings. The molecule has 2 heteroatoms. The van der Waals surface area contributed by atoms with Gasteiger partial charge in [0.15, 0.2) is 0 Å². The van der Waals surface area contributed by atoms with E-state index in [0.29, 0.717) is 0 Å². The molecule has 2 aromatic carbocycles. The Labute approximate surface area is 106 Å². The molecule has 84 valence electrons. The van der Waals surface area contributed by atoms with Crippen molar-refractivity contribution < 1.29 is 0 Å². The highest BCUT2D eigenvalue weighted by atomic mass is 32.1. The summed E-state index contributed by atoms with van der Waals surface area (Å²) in [5, 5.41) is 1.27. The van der Waals surface area contributed by atoms with Crippen LogP contribution in [0.3, 0.4) is 0 Å². The zero-order valence-electron chi connectivity index (χ0n) is 9.59. The maximum atomic E-state index is 4.61. The molecular formula is C15H13NS. The summed E-state index contributed by atoms with van der Waals surface area (Å²) in [6.07, 6.45) is 0. The van der Waals surface area contributed by atoms with Crippen molar-refractivity contribution in [1.82, 2.24) is 3.97 Å². The minimum Gasteiger partial charge on any atom is -0.286 e. The lowest BCUT2D eigenvalue weighted by Gasteiger charge is -2.04. The third-order valence-electron chi connectivity index (χ3n) is 3.15. The van der Waals surface area contributed by atoms with E-state index >= 15 is 0 Å². The average molecular weight is 239 g/mol. The molecule has 0 aliphatic carbocycles. The third-order valence-corrected chi connectivity index (χ3v) is 3.57. The van der Waals surface area contributed by atoms with Crippen LogP contribution in [0.15, 0.2) is 54.6 Å². The molecule has 1 heterocycles. The van der Waals surface area contributed by atoms with Gasteiger partial charge in [-0.3, -0.25) is 3.97 Å². The van der Waals surface area contributed by atoms with Crippen molar-refractivity contribution in [2.24, 2.45) is 0 Å². The lowest BCUT2D eigenvalue weighted by Crippen LogP contribution is -1.86. The predicted octanol–water partition coefficient (Wildman–Crippen LogP) is 4.31. The quantitative estimate of drug-likeness (QED) is 0.604. The fraction of sp³-hybridized carbons (Fsp3) is 0.0667. The second-order valence-electron chi connectivity index (χ2n) is 4.17. The Morgan fingerprint density at radius 2 is 1.53 bits per heavy atom. The molecule has 0 aliphatic rings. The van der Waals surface area contributed by atoms with Gasteiger partial charge in [0.25, 0.3) is 0 Å². The molecule has 0 N–H and O–H groups in total. The Hall–Kier alpha value is -1.67. The Bertz CT molecular complexity index is 629. The van der Waals surface area contributed by atoms with Crippen molar-refractivity contribution in [1.29, 1.82) is 0 Å². The molecule has 3 rings (SSSR count). The smallest absolute Gasteiger partial charge is 0.0631 e. The van der Waals surface area contributed by atoms with Crippen LogP contribution in [0.4, 0.5) is 0 Å². The Morgan fingerprint density at radius 3 is 2.24 bits per heavy atom. The van der Waals surface area contributed by atoms with Crippen molar-refractivity contribution in [3.8, 4) is 11.3 Å². The minimum atomic E-state index is 1.16. The van der Waals surface area contributed by atoms with E-state index in [1.54, 1.807) is 0 Å². The first-order chi connectivity index (χ1) is 8.29. The average Bonchev–Trinajstić information content (AvgIpc) is 2.64. The molecule has 3 aromatic rings. The summed E-state index contributed by atoms with van der Waals surface area (Å²) in [6.45, 7) is 2.15. The van der Waals surface area contributed by atoms with E-state index in [1.165, 1.54) is 22.2 Å². The van der Waals surface area contributed by atoms with E-state index in [9.17, 15) is 0 Å². The zero-order valence-corrected chi connectivity index (χ0v) is 10.5. The SMILES string of the molecule is Cc1c(-c2ccccc2)n(S)c2ccccc12. The second kappa shape index (κ2) is 3.97. The van der Waals surface area contributed by atoms with Crippen LogP contribution in [0.5, 0.6) is 0 Å². The number of aryl methyl sites for hydroxylation is 1. The topological polar surface area (TPSA) is 4.93 Å². The van der Waals surface area contributed by atoms with Crippen LogP contribution in [0, 0.1) is 6.92 Å². The number of thiol groups is 1. The van der Waals surface area contributed by atoms with Gasteiger partial charge < -0.3 is 0 Å². The molecule has 1 aromatic heterocycles. The number of nitrogens with zero attached hydrogens (tertiary/aromatic N) is 1. The van der Waals surface area contributed by atoms with Crippen molar-refractivity contribution >= 4 is 23.7 Å². The van der Waals surface area contributed by atoms with Crippen LogP contribution in [-0.2, 0) is 0 Å². The number of hydrogen-bond donors (Lipinski definition) is 1. The molecule has 0 saturated heterocycles. The maximum Gasteiger partial charge on any atom is 0.0631 e. The molecule has 17 heavy (non-hydrogen) atoms. The standard InChI is InChI=1S/C15H13NS/c1-11-13-9-5-6-10-14(13)16(17)15(11)12-7-3-2-4-8-12/h2-10,17H,1H3. The summed E-state index contributed by atoms with van der Waals surface area (Å²) in [7, 11) is 0. The van der Waals surface area contributed by atoms with Crippen molar-refractivity contribution in [3.05, 3.63) is 60.2 Å². The van der Waals surface area contributed by atoms with E-state index in [4.69, 9.17) is 0 Å². The molecule has 0 saturated carbocycles. The van der Waals surface area contributed by atoms with Gasteiger partial charge in [0.05, 0.1) is 11.2 Å². The molecule has 1 nitrogen and oxygen atoms in total. The molecule has 0 atom stereocenters. The first-order valence-corrected chi connectivity index (χ1v) is 6.04. The molecule has 0 unspecified atom stereocenters. The fourth-order valence-electron chi connectivity index (χ4n) is 2.32. The number of rotatable bonds is 1. The first kappa shape index (κ1) is 10.5. The normalized spacial score (nSPS) is 10.9. The third kappa shape index (κ3) is 1.56. The van der Waals surface area contributed by atoms with E-state index in [0.717, 1.165) is 5.52 Å². The van der Waals surface area contributed by atoms with Crippen molar-refractivity contribution in [2.75, 3.05) is 0 Å². The highest BCUT2D eigenvalue weighted by Gasteiger charge is 2.12. The van der Waals surface area contributed by atoms with Gasteiger partial charge >= 0.3 is 0 Å². The lowest BCUT2D eigenvalue weighted by atomic mass is 10.1. The van der Waals surface area contributed by atoms with Crippen LogP contribution in [0.25, 0.3) is 22.2 Å². The van der Waals surface area contributed by atoms with E-state index in [2.05, 4.69) is 62.2 Å². The van der Waals surface area contributed by atoms with E-state index in [-0.39, 0.29) is 0 Å². The van der Waals surface area contributed by atoms with Crippen LogP contribution >= 0.6 is 12.8 Å². The van der Waals surface area contributed by atoms with Crippen LogP contribution in [-0.4, -0.2) is 3.97 Å².